The SMILES string of the molecule is CCN(CC)c1noc(-c2cc(N)cc(C(F)(F)F)c2)n1. The monoisotopic (exact) mass is 300 g/mol. The van der Waals surface area contributed by atoms with E-state index in [0.717, 1.165) is 12.1 Å². The molecule has 0 aliphatic rings. The highest BCUT2D eigenvalue weighted by Gasteiger charge is 2.31. The molecule has 0 amide bonds. The summed E-state index contributed by atoms with van der Waals surface area (Å²) in [4.78, 5) is 5.94. The number of rotatable bonds is 4. The molecule has 1 aromatic heterocycles. The van der Waals surface area contributed by atoms with E-state index in [1.165, 1.54) is 6.07 Å². The summed E-state index contributed by atoms with van der Waals surface area (Å²) in [6.07, 6.45) is -4.48. The Labute approximate surface area is 119 Å². The molecule has 0 bridgehead atoms. The fourth-order valence-corrected chi connectivity index (χ4v) is 1.91. The lowest BCUT2D eigenvalue weighted by Crippen LogP contribution is -2.22. The van der Waals surface area contributed by atoms with Crippen LogP contribution in [0.2, 0.25) is 0 Å². The van der Waals surface area contributed by atoms with Gasteiger partial charge in [-0.25, -0.2) is 0 Å². The van der Waals surface area contributed by atoms with E-state index in [2.05, 4.69) is 10.1 Å². The molecule has 0 unspecified atom stereocenters. The van der Waals surface area contributed by atoms with Crippen LogP contribution in [0.4, 0.5) is 24.8 Å². The number of hydrogen-bond acceptors (Lipinski definition) is 5. The van der Waals surface area contributed by atoms with Crippen molar-refractivity contribution >= 4 is 11.6 Å². The highest BCUT2D eigenvalue weighted by Crippen LogP contribution is 2.34. The van der Waals surface area contributed by atoms with Crippen molar-refractivity contribution in [2.75, 3.05) is 23.7 Å². The summed E-state index contributed by atoms with van der Waals surface area (Å²) in [7, 11) is 0. The van der Waals surface area contributed by atoms with E-state index in [1.807, 2.05) is 18.7 Å². The number of aromatic nitrogens is 2. The first-order chi connectivity index (χ1) is 9.85. The van der Waals surface area contributed by atoms with Crippen LogP contribution < -0.4 is 10.6 Å². The van der Waals surface area contributed by atoms with Gasteiger partial charge in [0.05, 0.1) is 5.56 Å². The molecule has 2 rings (SSSR count). The Kier molecular flexibility index (Phi) is 4.06. The van der Waals surface area contributed by atoms with Crippen LogP contribution in [0.5, 0.6) is 0 Å². The molecule has 0 aliphatic carbocycles. The topological polar surface area (TPSA) is 68.2 Å². The molecule has 1 heterocycles. The van der Waals surface area contributed by atoms with Crippen molar-refractivity contribution in [2.45, 2.75) is 20.0 Å². The maximum Gasteiger partial charge on any atom is 0.416 e. The fraction of sp³-hybridized carbons (Fsp3) is 0.385. The van der Waals surface area contributed by atoms with Gasteiger partial charge in [0.1, 0.15) is 0 Å². The minimum atomic E-state index is -4.48. The molecule has 2 N–H and O–H groups in total. The molecule has 0 saturated carbocycles. The lowest BCUT2D eigenvalue weighted by molar-refractivity contribution is -0.137. The number of halogens is 3. The van der Waals surface area contributed by atoms with Crippen LogP contribution in [0.1, 0.15) is 19.4 Å². The van der Waals surface area contributed by atoms with Crippen LogP contribution in [-0.4, -0.2) is 23.2 Å². The van der Waals surface area contributed by atoms with Gasteiger partial charge < -0.3 is 15.2 Å². The first kappa shape index (κ1) is 15.1. The molecule has 0 atom stereocenters. The zero-order valence-corrected chi connectivity index (χ0v) is 11.6. The molecule has 0 saturated heterocycles. The van der Waals surface area contributed by atoms with Crippen molar-refractivity contribution in [2.24, 2.45) is 0 Å². The highest BCUT2D eigenvalue weighted by molar-refractivity contribution is 5.62. The van der Waals surface area contributed by atoms with E-state index >= 15 is 0 Å². The summed E-state index contributed by atoms with van der Waals surface area (Å²) in [5, 5.41) is 3.77. The van der Waals surface area contributed by atoms with Crippen LogP contribution >= 0.6 is 0 Å². The highest BCUT2D eigenvalue weighted by atomic mass is 19.4. The third-order valence-corrected chi connectivity index (χ3v) is 2.99. The van der Waals surface area contributed by atoms with Gasteiger partial charge in [-0.2, -0.15) is 18.2 Å². The van der Waals surface area contributed by atoms with Crippen molar-refractivity contribution in [3.8, 4) is 11.5 Å². The van der Waals surface area contributed by atoms with Crippen molar-refractivity contribution < 1.29 is 17.7 Å². The summed E-state index contributed by atoms with van der Waals surface area (Å²) < 4.78 is 43.4. The molecule has 114 valence electrons. The Balaban J connectivity index is 2.41. The zero-order chi connectivity index (χ0) is 15.6. The van der Waals surface area contributed by atoms with Gasteiger partial charge >= 0.3 is 6.18 Å². The second-order valence-corrected chi connectivity index (χ2v) is 4.41. The largest absolute Gasteiger partial charge is 0.416 e. The Hall–Kier alpha value is -2.25. The van der Waals surface area contributed by atoms with Crippen LogP contribution in [0.3, 0.4) is 0 Å². The fourth-order valence-electron chi connectivity index (χ4n) is 1.91. The summed E-state index contributed by atoms with van der Waals surface area (Å²) in [5.74, 6) is 0.348. The third kappa shape index (κ3) is 3.26. The van der Waals surface area contributed by atoms with Gasteiger partial charge in [-0.3, -0.25) is 0 Å². The average Bonchev–Trinajstić information content (AvgIpc) is 2.88. The molecule has 21 heavy (non-hydrogen) atoms. The quantitative estimate of drug-likeness (QED) is 0.878. The van der Waals surface area contributed by atoms with E-state index < -0.39 is 11.7 Å². The summed E-state index contributed by atoms with van der Waals surface area (Å²) in [6, 6.07) is 3.18. The van der Waals surface area contributed by atoms with E-state index in [0.29, 0.717) is 19.0 Å². The maximum atomic E-state index is 12.8. The van der Waals surface area contributed by atoms with E-state index in [1.54, 1.807) is 0 Å². The number of anilines is 2. The summed E-state index contributed by atoms with van der Waals surface area (Å²) >= 11 is 0. The average molecular weight is 300 g/mol. The van der Waals surface area contributed by atoms with Crippen LogP contribution in [-0.2, 0) is 6.18 Å². The second kappa shape index (κ2) is 5.63. The summed E-state index contributed by atoms with van der Waals surface area (Å²) in [5.41, 5.74) is 4.80. The Bertz CT molecular complexity index is 620. The molecular weight excluding hydrogens is 285 g/mol. The number of hydrogen-bond donors (Lipinski definition) is 1. The normalized spacial score (nSPS) is 11.7. The first-order valence-electron chi connectivity index (χ1n) is 6.42. The van der Waals surface area contributed by atoms with E-state index in [9.17, 15) is 13.2 Å². The molecule has 1 aromatic carbocycles. The molecule has 8 heteroatoms. The maximum absolute atomic E-state index is 12.8. The Morgan fingerprint density at radius 1 is 1.19 bits per heavy atom. The predicted octanol–water partition coefficient (Wildman–Crippen LogP) is 3.18. The molecular formula is C13H15F3N4O. The van der Waals surface area contributed by atoms with Crippen LogP contribution in [0, 0.1) is 0 Å². The third-order valence-electron chi connectivity index (χ3n) is 2.99. The van der Waals surface area contributed by atoms with Gasteiger partial charge in [0, 0.05) is 24.3 Å². The standard InChI is InChI=1S/C13H15F3N4O/c1-3-20(4-2)12-18-11(21-19-12)8-5-9(13(14,15)16)7-10(17)6-8/h5-7H,3-4,17H2,1-2H3. The first-order valence-corrected chi connectivity index (χ1v) is 6.42. The van der Waals surface area contributed by atoms with Gasteiger partial charge in [-0.05, 0) is 37.2 Å². The molecule has 0 aliphatic heterocycles. The number of alkyl halides is 3. The second-order valence-electron chi connectivity index (χ2n) is 4.41. The van der Waals surface area contributed by atoms with Crippen molar-refractivity contribution in [3.05, 3.63) is 23.8 Å². The van der Waals surface area contributed by atoms with Crippen molar-refractivity contribution in [3.63, 3.8) is 0 Å². The number of nitrogens with zero attached hydrogens (tertiary/aromatic N) is 3. The molecule has 5 nitrogen and oxygen atoms in total. The van der Waals surface area contributed by atoms with Crippen LogP contribution in [0.15, 0.2) is 22.7 Å². The van der Waals surface area contributed by atoms with E-state index in [4.69, 9.17) is 10.3 Å². The summed E-state index contributed by atoms with van der Waals surface area (Å²) in [6.45, 7) is 5.17. The lowest BCUT2D eigenvalue weighted by Gasteiger charge is -2.14. The Morgan fingerprint density at radius 3 is 2.43 bits per heavy atom. The van der Waals surface area contributed by atoms with Gasteiger partial charge in [-0.1, -0.05) is 0 Å². The minimum Gasteiger partial charge on any atom is -0.399 e. The van der Waals surface area contributed by atoms with Crippen molar-refractivity contribution in [1.82, 2.24) is 10.1 Å². The number of benzene rings is 1. The van der Waals surface area contributed by atoms with E-state index in [-0.39, 0.29) is 17.1 Å². The lowest BCUT2D eigenvalue weighted by atomic mass is 10.1. The molecule has 0 radical (unpaired) electrons. The smallest absolute Gasteiger partial charge is 0.399 e. The zero-order valence-electron chi connectivity index (χ0n) is 11.6. The molecule has 2 aromatic rings. The molecule has 0 fully saturated rings. The van der Waals surface area contributed by atoms with Gasteiger partial charge in [-0.15, -0.1) is 0 Å². The van der Waals surface area contributed by atoms with Crippen LogP contribution in [0.25, 0.3) is 11.5 Å². The van der Waals surface area contributed by atoms with Gasteiger partial charge in [0.15, 0.2) is 0 Å². The van der Waals surface area contributed by atoms with Crippen molar-refractivity contribution in [1.29, 1.82) is 0 Å². The molecule has 0 spiro atoms. The predicted molar refractivity (Wildman–Crippen MR) is 72.7 cm³/mol. The Morgan fingerprint density at radius 2 is 1.86 bits per heavy atom. The van der Waals surface area contributed by atoms with Gasteiger partial charge in [0.25, 0.3) is 11.8 Å². The number of nitrogen functional groups attached to an aromatic ring is 1. The minimum absolute atomic E-state index is 0.00898. The number of nitrogens with two attached hydrogens (primary N) is 1. The van der Waals surface area contributed by atoms with Gasteiger partial charge in [0.2, 0.25) is 0 Å².